The molecule has 0 saturated carbocycles. The van der Waals surface area contributed by atoms with Crippen LogP contribution in [0.15, 0.2) is 29.1 Å². The summed E-state index contributed by atoms with van der Waals surface area (Å²) >= 11 is 5.95. The second-order valence-corrected chi connectivity index (χ2v) is 4.32. The number of aryl methyl sites for hydroxylation is 1. The number of carbonyl (C=O) groups excluding carboxylic acids is 1. The van der Waals surface area contributed by atoms with Gasteiger partial charge in [0.15, 0.2) is 12.0 Å². The Morgan fingerprint density at radius 3 is 2.74 bits per heavy atom. The predicted molar refractivity (Wildman–Crippen MR) is 71.5 cm³/mol. The molecule has 0 aliphatic carbocycles. The number of hydrogen-bond donors (Lipinski definition) is 0. The molecule has 1 aromatic heterocycles. The second kappa shape index (κ2) is 5.24. The van der Waals surface area contributed by atoms with Crippen molar-refractivity contribution < 1.29 is 9.53 Å². The van der Waals surface area contributed by atoms with E-state index >= 15 is 0 Å². The maximum atomic E-state index is 11.5. The van der Waals surface area contributed by atoms with E-state index in [0.717, 1.165) is 0 Å². The molecular formula is C13H11ClN2O3. The van der Waals surface area contributed by atoms with Gasteiger partial charge < -0.3 is 4.74 Å². The zero-order valence-corrected chi connectivity index (χ0v) is 11.1. The van der Waals surface area contributed by atoms with Crippen LogP contribution in [0.25, 0.3) is 5.69 Å². The lowest BCUT2D eigenvalue weighted by Crippen LogP contribution is -2.18. The topological polar surface area (TPSA) is 61.2 Å². The monoisotopic (exact) mass is 278 g/mol. The number of aromatic nitrogens is 2. The smallest absolute Gasteiger partial charge is 0.211 e. The van der Waals surface area contributed by atoms with Gasteiger partial charge in [-0.25, -0.2) is 4.68 Å². The van der Waals surface area contributed by atoms with Crippen LogP contribution in [-0.4, -0.2) is 23.2 Å². The van der Waals surface area contributed by atoms with Crippen LogP contribution in [0.2, 0.25) is 5.02 Å². The minimum atomic E-state index is -0.412. The summed E-state index contributed by atoms with van der Waals surface area (Å²) in [7, 11) is 1.52. The predicted octanol–water partition coefficient (Wildman–Crippen LogP) is 2.02. The van der Waals surface area contributed by atoms with Gasteiger partial charge in [-0.1, -0.05) is 11.6 Å². The van der Waals surface area contributed by atoms with Crippen LogP contribution < -0.4 is 10.2 Å². The maximum Gasteiger partial charge on any atom is 0.211 e. The van der Waals surface area contributed by atoms with E-state index in [0.29, 0.717) is 28.4 Å². The van der Waals surface area contributed by atoms with Crippen LogP contribution in [0, 0.1) is 6.92 Å². The fourth-order valence-corrected chi connectivity index (χ4v) is 1.88. The highest BCUT2D eigenvalue weighted by atomic mass is 35.5. The molecular weight excluding hydrogens is 268 g/mol. The largest absolute Gasteiger partial charge is 0.494 e. The van der Waals surface area contributed by atoms with Crippen molar-refractivity contribution in [1.29, 1.82) is 0 Å². The third-order valence-corrected chi connectivity index (χ3v) is 2.85. The molecule has 1 heterocycles. The van der Waals surface area contributed by atoms with Crippen molar-refractivity contribution in [1.82, 2.24) is 9.78 Å². The summed E-state index contributed by atoms with van der Waals surface area (Å²) in [5.74, 6) is 0.542. The number of hydrogen-bond acceptors (Lipinski definition) is 4. The summed E-state index contributed by atoms with van der Waals surface area (Å²) in [6.45, 7) is 1.71. The first-order valence-corrected chi connectivity index (χ1v) is 5.84. The van der Waals surface area contributed by atoms with E-state index in [4.69, 9.17) is 16.3 Å². The van der Waals surface area contributed by atoms with Crippen molar-refractivity contribution in [3.63, 3.8) is 0 Å². The van der Waals surface area contributed by atoms with Crippen LogP contribution in [0.4, 0.5) is 0 Å². The summed E-state index contributed by atoms with van der Waals surface area (Å²) in [5, 5.41) is 4.51. The van der Waals surface area contributed by atoms with E-state index in [2.05, 4.69) is 5.10 Å². The molecule has 0 aliphatic heterocycles. The maximum absolute atomic E-state index is 11.5. The van der Waals surface area contributed by atoms with E-state index in [1.807, 2.05) is 0 Å². The molecule has 1 aromatic carbocycles. The van der Waals surface area contributed by atoms with Crippen LogP contribution >= 0.6 is 11.6 Å². The molecule has 0 bridgehead atoms. The molecule has 98 valence electrons. The quantitative estimate of drug-likeness (QED) is 0.806. The van der Waals surface area contributed by atoms with Crippen LogP contribution in [-0.2, 0) is 0 Å². The van der Waals surface area contributed by atoms with Crippen molar-refractivity contribution in [2.75, 3.05) is 7.11 Å². The average Bonchev–Trinajstić information content (AvgIpc) is 2.39. The highest BCUT2D eigenvalue weighted by molar-refractivity contribution is 6.30. The number of carbonyl (C=O) groups is 1. The highest BCUT2D eigenvalue weighted by Gasteiger charge is 2.11. The number of rotatable bonds is 3. The molecule has 0 saturated heterocycles. The van der Waals surface area contributed by atoms with Gasteiger partial charge in [0, 0.05) is 16.8 Å². The van der Waals surface area contributed by atoms with E-state index < -0.39 is 5.43 Å². The Hall–Kier alpha value is -2.14. The Morgan fingerprint density at radius 1 is 1.37 bits per heavy atom. The van der Waals surface area contributed by atoms with Crippen LogP contribution in [0.5, 0.6) is 5.75 Å². The van der Waals surface area contributed by atoms with Gasteiger partial charge in [0.2, 0.25) is 5.43 Å². The molecule has 0 fully saturated rings. The zero-order chi connectivity index (χ0) is 14.0. The van der Waals surface area contributed by atoms with Crippen LogP contribution in [0.1, 0.15) is 16.2 Å². The molecule has 0 amide bonds. The van der Waals surface area contributed by atoms with Gasteiger partial charge >= 0.3 is 0 Å². The van der Waals surface area contributed by atoms with Gasteiger partial charge in [-0.15, -0.1) is 0 Å². The number of halogens is 1. The molecule has 0 atom stereocenters. The molecule has 0 spiro atoms. The fourth-order valence-electron chi connectivity index (χ4n) is 1.71. The lowest BCUT2D eigenvalue weighted by molar-refractivity contribution is 0.111. The minimum absolute atomic E-state index is 0.160. The first-order valence-electron chi connectivity index (χ1n) is 5.47. The van der Waals surface area contributed by atoms with E-state index in [9.17, 15) is 9.59 Å². The van der Waals surface area contributed by atoms with Crippen molar-refractivity contribution >= 4 is 17.9 Å². The Labute approximate surface area is 114 Å². The molecule has 0 aliphatic rings. The first-order chi connectivity index (χ1) is 9.06. The SMILES string of the molecule is COc1ccc(Cl)cc1-n1nc(C=O)c(=O)cc1C. The van der Waals surface area contributed by atoms with Gasteiger partial charge in [-0.05, 0) is 25.1 Å². The third kappa shape index (κ3) is 2.51. The fraction of sp³-hybridized carbons (Fsp3) is 0.154. The van der Waals surface area contributed by atoms with Crippen molar-refractivity contribution in [3.8, 4) is 11.4 Å². The van der Waals surface area contributed by atoms with E-state index in [-0.39, 0.29) is 5.69 Å². The summed E-state index contributed by atoms with van der Waals surface area (Å²) in [5.41, 5.74) is 0.573. The molecule has 19 heavy (non-hydrogen) atoms. The van der Waals surface area contributed by atoms with E-state index in [1.165, 1.54) is 17.9 Å². The third-order valence-electron chi connectivity index (χ3n) is 2.61. The molecule has 6 heteroatoms. The molecule has 5 nitrogen and oxygen atoms in total. The first kappa shape index (κ1) is 13.3. The van der Waals surface area contributed by atoms with Crippen molar-refractivity contribution in [2.24, 2.45) is 0 Å². The molecule has 2 rings (SSSR count). The Morgan fingerprint density at radius 2 is 2.11 bits per heavy atom. The average molecular weight is 279 g/mol. The second-order valence-electron chi connectivity index (χ2n) is 3.88. The number of benzene rings is 1. The van der Waals surface area contributed by atoms with Gasteiger partial charge in [-0.3, -0.25) is 9.59 Å². The lowest BCUT2D eigenvalue weighted by Gasteiger charge is -2.13. The Balaban J connectivity index is 2.74. The molecule has 0 radical (unpaired) electrons. The summed E-state index contributed by atoms with van der Waals surface area (Å²) in [4.78, 5) is 22.3. The molecule has 0 N–H and O–H groups in total. The minimum Gasteiger partial charge on any atom is -0.494 e. The summed E-state index contributed by atoms with van der Waals surface area (Å²) in [6, 6.07) is 6.37. The van der Waals surface area contributed by atoms with Gasteiger partial charge in [0.05, 0.1) is 7.11 Å². The van der Waals surface area contributed by atoms with Gasteiger partial charge in [0.25, 0.3) is 0 Å². The standard InChI is InChI=1S/C13H11ClN2O3/c1-8-5-12(18)10(7-17)15-16(8)11-6-9(14)3-4-13(11)19-2/h3-7H,1-2H3. The van der Waals surface area contributed by atoms with Gasteiger partial charge in [-0.2, -0.15) is 5.10 Å². The normalized spacial score (nSPS) is 10.3. The van der Waals surface area contributed by atoms with Crippen LogP contribution in [0.3, 0.4) is 0 Å². The number of aldehydes is 1. The number of methoxy groups -OCH3 is 1. The van der Waals surface area contributed by atoms with E-state index in [1.54, 1.807) is 25.1 Å². The highest BCUT2D eigenvalue weighted by Crippen LogP contribution is 2.26. The summed E-state index contributed by atoms with van der Waals surface area (Å²) < 4.78 is 6.68. The zero-order valence-electron chi connectivity index (χ0n) is 10.4. The molecule has 0 unspecified atom stereocenters. The van der Waals surface area contributed by atoms with Crippen molar-refractivity contribution in [3.05, 3.63) is 50.9 Å². The Kier molecular flexibility index (Phi) is 3.66. The van der Waals surface area contributed by atoms with Crippen molar-refractivity contribution in [2.45, 2.75) is 6.92 Å². The number of nitrogens with zero attached hydrogens (tertiary/aromatic N) is 2. The lowest BCUT2D eigenvalue weighted by atomic mass is 10.2. The summed E-state index contributed by atoms with van der Waals surface area (Å²) in [6.07, 6.45) is 0.426. The molecule has 2 aromatic rings. The Bertz CT molecular complexity index is 695. The van der Waals surface area contributed by atoms with Gasteiger partial charge in [0.1, 0.15) is 11.4 Å². The number of ether oxygens (including phenoxy) is 1.